The molecule has 19 heavy (non-hydrogen) atoms. The summed E-state index contributed by atoms with van der Waals surface area (Å²) < 4.78 is 1.16. The highest BCUT2D eigenvalue weighted by Gasteiger charge is 2.34. The van der Waals surface area contributed by atoms with Gasteiger partial charge in [-0.05, 0) is 6.92 Å². The van der Waals surface area contributed by atoms with E-state index in [1.807, 2.05) is 0 Å². The Balaban J connectivity index is 2.46. The highest BCUT2D eigenvalue weighted by Crippen LogP contribution is 2.25. The van der Waals surface area contributed by atoms with Crippen LogP contribution >= 0.6 is 0 Å². The van der Waals surface area contributed by atoms with Crippen LogP contribution in [0.1, 0.15) is 11.6 Å². The molecule has 0 fully saturated rings. The first kappa shape index (κ1) is 13.7. The van der Waals surface area contributed by atoms with Crippen molar-refractivity contribution in [3.8, 4) is 0 Å². The number of rotatable bonds is 2. The molecule has 0 bridgehead atoms. The van der Waals surface area contributed by atoms with Crippen molar-refractivity contribution in [1.82, 2.24) is 9.55 Å². The molecule has 4 atom stereocenters. The summed E-state index contributed by atoms with van der Waals surface area (Å²) in [5, 5.41) is 28.9. The summed E-state index contributed by atoms with van der Waals surface area (Å²) in [4.78, 5) is 25.2. The van der Waals surface area contributed by atoms with Crippen molar-refractivity contribution < 1.29 is 15.3 Å². The minimum Gasteiger partial charge on any atom is -0.396 e. The van der Waals surface area contributed by atoms with Crippen molar-refractivity contribution in [1.29, 1.82) is 0 Å². The van der Waals surface area contributed by atoms with Gasteiger partial charge in [-0.1, -0.05) is 12.2 Å². The molecule has 0 radical (unpaired) electrons. The SMILES string of the molecule is Cc1cn([C@@H]2C=C[C@H](CO)[C@@H](O)[C@H]2O)c(=O)[nH]c1=O. The maximum absolute atomic E-state index is 11.7. The first-order chi connectivity index (χ1) is 8.95. The van der Waals surface area contributed by atoms with Gasteiger partial charge in [0, 0.05) is 17.7 Å². The van der Waals surface area contributed by atoms with Gasteiger partial charge < -0.3 is 15.3 Å². The second-order valence-electron chi connectivity index (χ2n) is 4.68. The van der Waals surface area contributed by atoms with E-state index in [2.05, 4.69) is 4.98 Å². The molecule has 2 rings (SSSR count). The summed E-state index contributed by atoms with van der Waals surface area (Å²) in [6, 6.07) is -0.777. The zero-order chi connectivity index (χ0) is 14.2. The van der Waals surface area contributed by atoms with Crippen molar-refractivity contribution in [2.24, 2.45) is 5.92 Å². The molecule has 1 aromatic rings. The predicted octanol–water partition coefficient (Wildman–Crippen LogP) is -1.71. The predicted molar refractivity (Wildman–Crippen MR) is 66.8 cm³/mol. The molecule has 0 saturated carbocycles. The molecule has 1 aliphatic rings. The molecule has 1 aliphatic carbocycles. The van der Waals surface area contributed by atoms with Gasteiger partial charge in [-0.25, -0.2) is 4.79 Å². The van der Waals surface area contributed by atoms with Crippen molar-refractivity contribution in [2.75, 3.05) is 6.61 Å². The number of H-pyrrole nitrogens is 1. The van der Waals surface area contributed by atoms with Crippen LogP contribution in [0.25, 0.3) is 0 Å². The van der Waals surface area contributed by atoms with Gasteiger partial charge in [0.25, 0.3) is 5.56 Å². The average molecular weight is 268 g/mol. The molecule has 0 saturated heterocycles. The number of nitrogens with zero attached hydrogens (tertiary/aromatic N) is 1. The Labute approximate surface area is 108 Å². The first-order valence-corrected chi connectivity index (χ1v) is 5.93. The lowest BCUT2D eigenvalue weighted by molar-refractivity contribution is -0.0427. The number of aliphatic hydroxyl groups excluding tert-OH is 3. The molecule has 4 N–H and O–H groups in total. The molecule has 7 heteroatoms. The number of aryl methyl sites for hydroxylation is 1. The molecular formula is C12H16N2O5. The maximum Gasteiger partial charge on any atom is 0.328 e. The fourth-order valence-electron chi connectivity index (χ4n) is 2.17. The quantitative estimate of drug-likeness (QED) is 0.476. The number of aliphatic hydroxyl groups is 3. The Morgan fingerprint density at radius 1 is 1.26 bits per heavy atom. The summed E-state index contributed by atoms with van der Waals surface area (Å²) >= 11 is 0. The number of aromatic amines is 1. The molecule has 0 unspecified atom stereocenters. The van der Waals surface area contributed by atoms with Gasteiger partial charge in [0.15, 0.2) is 0 Å². The van der Waals surface area contributed by atoms with Gasteiger partial charge in [0.05, 0.1) is 18.8 Å². The number of hydrogen-bond donors (Lipinski definition) is 4. The second kappa shape index (κ2) is 5.12. The van der Waals surface area contributed by atoms with Crippen molar-refractivity contribution in [2.45, 2.75) is 25.2 Å². The lowest BCUT2D eigenvalue weighted by Gasteiger charge is -2.33. The maximum atomic E-state index is 11.7. The molecule has 1 heterocycles. The third kappa shape index (κ3) is 2.40. The molecule has 0 aromatic carbocycles. The summed E-state index contributed by atoms with van der Waals surface area (Å²) in [6.07, 6.45) is 2.03. The Morgan fingerprint density at radius 2 is 1.95 bits per heavy atom. The van der Waals surface area contributed by atoms with Crippen LogP contribution < -0.4 is 11.2 Å². The molecule has 0 aliphatic heterocycles. The number of hydrogen-bond acceptors (Lipinski definition) is 5. The van der Waals surface area contributed by atoms with Crippen molar-refractivity contribution >= 4 is 0 Å². The van der Waals surface area contributed by atoms with E-state index in [0.29, 0.717) is 5.56 Å². The average Bonchev–Trinajstić information content (AvgIpc) is 2.37. The molecule has 0 spiro atoms. The largest absolute Gasteiger partial charge is 0.396 e. The highest BCUT2D eigenvalue weighted by molar-refractivity contribution is 5.11. The number of aromatic nitrogens is 2. The van der Waals surface area contributed by atoms with Crippen molar-refractivity contribution in [3.63, 3.8) is 0 Å². The molecule has 1 aromatic heterocycles. The van der Waals surface area contributed by atoms with Gasteiger partial charge >= 0.3 is 5.69 Å². The van der Waals surface area contributed by atoms with E-state index in [9.17, 15) is 19.8 Å². The lowest BCUT2D eigenvalue weighted by atomic mass is 9.87. The zero-order valence-electron chi connectivity index (χ0n) is 10.4. The topological polar surface area (TPSA) is 116 Å². The molecule has 0 amide bonds. The van der Waals surface area contributed by atoms with E-state index >= 15 is 0 Å². The molecular weight excluding hydrogens is 252 g/mol. The van der Waals surface area contributed by atoms with Gasteiger partial charge in [-0.3, -0.25) is 14.3 Å². The number of nitrogens with one attached hydrogen (secondary N) is 1. The minimum absolute atomic E-state index is 0.291. The fourth-order valence-corrected chi connectivity index (χ4v) is 2.17. The third-order valence-corrected chi connectivity index (χ3v) is 3.37. The van der Waals surface area contributed by atoms with Crippen LogP contribution in [0.5, 0.6) is 0 Å². The summed E-state index contributed by atoms with van der Waals surface area (Å²) in [6.45, 7) is 1.25. The van der Waals surface area contributed by atoms with Crippen LogP contribution in [0, 0.1) is 12.8 Å². The lowest BCUT2D eigenvalue weighted by Crippen LogP contribution is -2.46. The highest BCUT2D eigenvalue weighted by atomic mass is 16.3. The normalized spacial score (nSPS) is 30.5. The Bertz CT molecular complexity index is 603. The van der Waals surface area contributed by atoms with Crippen LogP contribution in [0.3, 0.4) is 0 Å². The van der Waals surface area contributed by atoms with E-state index in [-0.39, 0.29) is 6.61 Å². The third-order valence-electron chi connectivity index (χ3n) is 3.37. The van der Waals surface area contributed by atoms with E-state index in [4.69, 9.17) is 5.11 Å². The van der Waals surface area contributed by atoms with Gasteiger partial charge in [0.2, 0.25) is 0 Å². The van der Waals surface area contributed by atoms with Gasteiger partial charge in [-0.15, -0.1) is 0 Å². The standard InChI is InChI=1S/C12H16N2O5/c1-6-4-14(12(19)13-11(6)18)8-3-2-7(5-15)9(16)10(8)17/h2-4,7-10,15-17H,5H2,1H3,(H,13,18,19)/t7-,8-,9-,10+/m1/s1. The van der Waals surface area contributed by atoms with Crippen LogP contribution in [0.2, 0.25) is 0 Å². The molecule has 7 nitrogen and oxygen atoms in total. The van der Waals surface area contributed by atoms with Crippen molar-refractivity contribution in [3.05, 3.63) is 44.8 Å². The molecule has 104 valence electrons. The van der Waals surface area contributed by atoms with E-state index < -0.39 is 35.4 Å². The van der Waals surface area contributed by atoms with E-state index in [1.54, 1.807) is 13.0 Å². The minimum atomic E-state index is -1.23. The Kier molecular flexibility index (Phi) is 3.70. The summed E-state index contributed by atoms with van der Waals surface area (Å²) in [5.74, 6) is -0.564. The second-order valence-corrected chi connectivity index (χ2v) is 4.68. The van der Waals surface area contributed by atoms with Crippen LogP contribution in [0.4, 0.5) is 0 Å². The van der Waals surface area contributed by atoms with Crippen LogP contribution in [-0.2, 0) is 0 Å². The first-order valence-electron chi connectivity index (χ1n) is 5.93. The summed E-state index contributed by atoms with van der Waals surface area (Å²) in [7, 11) is 0. The van der Waals surface area contributed by atoms with E-state index in [1.165, 1.54) is 12.3 Å². The Hall–Kier alpha value is -1.70. The van der Waals surface area contributed by atoms with Crippen LogP contribution in [0.15, 0.2) is 27.9 Å². The van der Waals surface area contributed by atoms with E-state index in [0.717, 1.165) is 4.57 Å². The zero-order valence-corrected chi connectivity index (χ0v) is 10.4. The van der Waals surface area contributed by atoms with Gasteiger partial charge in [0.1, 0.15) is 6.10 Å². The fraction of sp³-hybridized carbons (Fsp3) is 0.500. The smallest absolute Gasteiger partial charge is 0.328 e. The van der Waals surface area contributed by atoms with Gasteiger partial charge in [-0.2, -0.15) is 0 Å². The monoisotopic (exact) mass is 268 g/mol. The van der Waals surface area contributed by atoms with Crippen LogP contribution in [-0.4, -0.2) is 43.7 Å². The summed E-state index contributed by atoms with van der Waals surface area (Å²) in [5.41, 5.74) is -0.803. The Morgan fingerprint density at radius 3 is 2.58 bits per heavy atom.